The molecule has 0 saturated heterocycles. The van der Waals surface area contributed by atoms with Crippen molar-refractivity contribution >= 4 is 0 Å². The maximum Gasteiger partial charge on any atom is 0.0512 e. The SMILES string of the molecule is C/C=C\C=C/N=NN. The molecule has 0 aliphatic rings. The molecule has 0 aliphatic heterocycles. The van der Waals surface area contributed by atoms with E-state index in [1.807, 2.05) is 19.1 Å². The summed E-state index contributed by atoms with van der Waals surface area (Å²) in [7, 11) is 0. The van der Waals surface area contributed by atoms with Crippen molar-refractivity contribution in [2.45, 2.75) is 6.92 Å². The van der Waals surface area contributed by atoms with Crippen molar-refractivity contribution in [2.24, 2.45) is 16.2 Å². The van der Waals surface area contributed by atoms with Crippen LogP contribution in [0.1, 0.15) is 6.92 Å². The van der Waals surface area contributed by atoms with Gasteiger partial charge in [-0.3, -0.25) is 0 Å². The average molecular weight is 111 g/mol. The smallest absolute Gasteiger partial charge is 0.0512 e. The molecule has 0 aromatic carbocycles. The quantitative estimate of drug-likeness (QED) is 0.249. The topological polar surface area (TPSA) is 50.7 Å². The van der Waals surface area contributed by atoms with E-state index in [1.165, 1.54) is 6.20 Å². The van der Waals surface area contributed by atoms with Gasteiger partial charge in [-0.15, -0.1) is 5.11 Å². The van der Waals surface area contributed by atoms with Crippen LogP contribution < -0.4 is 5.84 Å². The van der Waals surface area contributed by atoms with Crippen LogP contribution in [0.25, 0.3) is 0 Å². The third-order valence-corrected chi connectivity index (χ3v) is 0.523. The molecule has 0 atom stereocenters. The molecule has 0 unspecified atom stereocenters. The summed E-state index contributed by atoms with van der Waals surface area (Å²) in [4.78, 5) is 0. The van der Waals surface area contributed by atoms with Crippen LogP contribution in [0.3, 0.4) is 0 Å². The molecule has 0 amide bonds. The Balaban J connectivity index is 3.35. The molecule has 0 fully saturated rings. The molecular formula is C5H9N3. The maximum absolute atomic E-state index is 4.69. The fourth-order valence-electron chi connectivity index (χ4n) is 0.238. The van der Waals surface area contributed by atoms with E-state index in [0.29, 0.717) is 0 Å². The van der Waals surface area contributed by atoms with Crippen molar-refractivity contribution in [1.82, 2.24) is 0 Å². The normalized spacial score (nSPS) is 12.6. The first kappa shape index (κ1) is 6.88. The summed E-state index contributed by atoms with van der Waals surface area (Å²) in [6, 6.07) is 0. The van der Waals surface area contributed by atoms with Crippen LogP contribution in [-0.2, 0) is 0 Å². The number of nitrogens with zero attached hydrogens (tertiary/aromatic N) is 2. The number of hydrogen-bond donors (Lipinski definition) is 1. The monoisotopic (exact) mass is 111 g/mol. The Kier molecular flexibility index (Phi) is 5.06. The van der Waals surface area contributed by atoms with E-state index in [9.17, 15) is 0 Å². The molecule has 0 radical (unpaired) electrons. The standard InChI is InChI=1S/C5H9N3/c1-2-3-4-5-7-8-6/h2-5H,1H3,(H2,6,7)/b3-2-,5-4-. The minimum absolute atomic E-state index is 1.51. The second kappa shape index (κ2) is 5.88. The minimum Gasteiger partial charge on any atom is -0.305 e. The Morgan fingerprint density at radius 2 is 2.12 bits per heavy atom. The molecule has 8 heavy (non-hydrogen) atoms. The van der Waals surface area contributed by atoms with Gasteiger partial charge in [-0.2, -0.15) is 0 Å². The minimum atomic E-state index is 1.51. The van der Waals surface area contributed by atoms with Gasteiger partial charge in [-0.1, -0.05) is 17.4 Å². The zero-order chi connectivity index (χ0) is 6.24. The van der Waals surface area contributed by atoms with Crippen LogP contribution in [0.5, 0.6) is 0 Å². The highest BCUT2D eigenvalue weighted by atomic mass is 15.3. The van der Waals surface area contributed by atoms with Gasteiger partial charge in [0.25, 0.3) is 0 Å². The lowest BCUT2D eigenvalue weighted by Gasteiger charge is -1.68. The summed E-state index contributed by atoms with van der Waals surface area (Å²) in [5, 5.41) is 6.39. The third-order valence-electron chi connectivity index (χ3n) is 0.523. The maximum atomic E-state index is 4.69. The molecule has 0 saturated carbocycles. The van der Waals surface area contributed by atoms with E-state index in [4.69, 9.17) is 5.84 Å². The van der Waals surface area contributed by atoms with E-state index >= 15 is 0 Å². The zero-order valence-corrected chi connectivity index (χ0v) is 4.78. The van der Waals surface area contributed by atoms with Crippen LogP contribution in [0.2, 0.25) is 0 Å². The first-order valence-corrected chi connectivity index (χ1v) is 2.29. The van der Waals surface area contributed by atoms with Gasteiger partial charge in [0, 0.05) is 0 Å². The highest BCUT2D eigenvalue weighted by Crippen LogP contribution is 1.76. The van der Waals surface area contributed by atoms with Crippen molar-refractivity contribution in [3.63, 3.8) is 0 Å². The highest BCUT2D eigenvalue weighted by molar-refractivity contribution is 4.99. The predicted octanol–water partition coefficient (Wildman–Crippen LogP) is 1.40. The molecule has 3 heteroatoms. The van der Waals surface area contributed by atoms with Gasteiger partial charge in [0.05, 0.1) is 6.20 Å². The highest BCUT2D eigenvalue weighted by Gasteiger charge is 1.56. The van der Waals surface area contributed by atoms with Crippen LogP contribution in [-0.4, -0.2) is 0 Å². The summed E-state index contributed by atoms with van der Waals surface area (Å²) < 4.78 is 0. The van der Waals surface area contributed by atoms with E-state index in [1.54, 1.807) is 6.08 Å². The van der Waals surface area contributed by atoms with E-state index < -0.39 is 0 Å². The number of rotatable bonds is 2. The molecule has 0 spiro atoms. The third kappa shape index (κ3) is 4.88. The van der Waals surface area contributed by atoms with Gasteiger partial charge >= 0.3 is 0 Å². The molecule has 0 aliphatic carbocycles. The van der Waals surface area contributed by atoms with Crippen LogP contribution in [0.15, 0.2) is 34.8 Å². The summed E-state index contributed by atoms with van der Waals surface area (Å²) >= 11 is 0. The predicted molar refractivity (Wildman–Crippen MR) is 33.0 cm³/mol. The molecule has 2 N–H and O–H groups in total. The van der Waals surface area contributed by atoms with Gasteiger partial charge in [0.1, 0.15) is 0 Å². The van der Waals surface area contributed by atoms with E-state index in [0.717, 1.165) is 0 Å². The Labute approximate surface area is 48.6 Å². The van der Waals surface area contributed by atoms with Crippen molar-refractivity contribution in [3.05, 3.63) is 24.4 Å². The van der Waals surface area contributed by atoms with Gasteiger partial charge in [-0.05, 0) is 13.0 Å². The molecule has 0 heterocycles. The summed E-state index contributed by atoms with van der Waals surface area (Å²) in [5.74, 6) is 4.69. The second-order valence-corrected chi connectivity index (χ2v) is 1.10. The second-order valence-electron chi connectivity index (χ2n) is 1.10. The summed E-state index contributed by atoms with van der Waals surface area (Å²) in [6.45, 7) is 1.92. The van der Waals surface area contributed by atoms with Crippen LogP contribution in [0, 0.1) is 0 Å². The van der Waals surface area contributed by atoms with Crippen molar-refractivity contribution < 1.29 is 0 Å². The Morgan fingerprint density at radius 1 is 1.38 bits per heavy atom. The lowest BCUT2D eigenvalue weighted by molar-refractivity contribution is 1.06. The fraction of sp³-hybridized carbons (Fsp3) is 0.200. The largest absolute Gasteiger partial charge is 0.305 e. The fourth-order valence-corrected chi connectivity index (χ4v) is 0.238. The Morgan fingerprint density at radius 3 is 2.62 bits per heavy atom. The molecule has 0 aromatic heterocycles. The molecule has 0 bridgehead atoms. The van der Waals surface area contributed by atoms with E-state index in [2.05, 4.69) is 10.3 Å². The first-order valence-electron chi connectivity index (χ1n) is 2.29. The van der Waals surface area contributed by atoms with Gasteiger partial charge in [0.15, 0.2) is 0 Å². The molecule has 0 aromatic rings. The van der Waals surface area contributed by atoms with Gasteiger partial charge in [0.2, 0.25) is 0 Å². The lowest BCUT2D eigenvalue weighted by Crippen LogP contribution is -1.70. The number of hydrogen-bond acceptors (Lipinski definition) is 2. The van der Waals surface area contributed by atoms with Gasteiger partial charge < -0.3 is 5.84 Å². The Hall–Kier alpha value is -1.12. The summed E-state index contributed by atoms with van der Waals surface area (Å²) in [6.07, 6.45) is 6.99. The Bertz CT molecular complexity index is 98.8. The number of nitrogens with two attached hydrogens (primary N) is 1. The van der Waals surface area contributed by atoms with E-state index in [-0.39, 0.29) is 0 Å². The van der Waals surface area contributed by atoms with Crippen LogP contribution in [0.4, 0.5) is 0 Å². The molecule has 3 nitrogen and oxygen atoms in total. The van der Waals surface area contributed by atoms with Crippen molar-refractivity contribution in [2.75, 3.05) is 0 Å². The summed E-state index contributed by atoms with van der Waals surface area (Å²) in [5.41, 5.74) is 0. The molecule has 0 rings (SSSR count). The van der Waals surface area contributed by atoms with Gasteiger partial charge in [-0.25, -0.2) is 0 Å². The molecular weight excluding hydrogens is 102 g/mol. The van der Waals surface area contributed by atoms with Crippen LogP contribution >= 0.6 is 0 Å². The number of allylic oxidation sites excluding steroid dienone is 3. The average Bonchev–Trinajstić information content (AvgIpc) is 1.81. The zero-order valence-electron chi connectivity index (χ0n) is 4.78. The lowest BCUT2D eigenvalue weighted by atomic mass is 10.5. The van der Waals surface area contributed by atoms with Crippen molar-refractivity contribution in [3.8, 4) is 0 Å². The first-order chi connectivity index (χ1) is 3.91. The van der Waals surface area contributed by atoms with Crippen molar-refractivity contribution in [1.29, 1.82) is 0 Å². The molecule has 44 valence electrons.